The molecule has 0 spiro atoms. The zero-order valence-electron chi connectivity index (χ0n) is 13.1. The molecule has 0 bridgehead atoms. The zero-order chi connectivity index (χ0) is 17.0. The van der Waals surface area contributed by atoms with E-state index in [1.807, 2.05) is 0 Å². The molecular weight excluding hydrogens is 316 g/mol. The summed E-state index contributed by atoms with van der Waals surface area (Å²) in [7, 11) is 1.58. The van der Waals surface area contributed by atoms with Gasteiger partial charge in [0.2, 0.25) is 0 Å². The third-order valence-electron chi connectivity index (χ3n) is 3.35. The van der Waals surface area contributed by atoms with Crippen molar-refractivity contribution < 1.29 is 19.4 Å². The Morgan fingerprint density at radius 1 is 1.35 bits per heavy atom. The number of carbonyl (C=O) groups is 2. The van der Waals surface area contributed by atoms with E-state index in [1.165, 1.54) is 11.3 Å². The fraction of sp³-hybridized carbons (Fsp3) is 0.312. The first-order chi connectivity index (χ1) is 10.9. The van der Waals surface area contributed by atoms with Crippen LogP contribution in [0, 0.1) is 6.92 Å². The lowest BCUT2D eigenvalue weighted by Gasteiger charge is -2.08. The molecule has 2 N–H and O–H groups in total. The SMILES string of the molecule is COCc1nc(C)c(C(=O)Nc2ccc(C(C)C(=O)O)cc2)s1. The molecule has 1 amide bonds. The first-order valence-electron chi connectivity index (χ1n) is 7.01. The number of ether oxygens (including phenoxy) is 1. The second-order valence-electron chi connectivity index (χ2n) is 5.09. The third-order valence-corrected chi connectivity index (χ3v) is 4.48. The maximum atomic E-state index is 12.3. The van der Waals surface area contributed by atoms with E-state index in [-0.39, 0.29) is 5.91 Å². The van der Waals surface area contributed by atoms with Gasteiger partial charge < -0.3 is 15.2 Å². The summed E-state index contributed by atoms with van der Waals surface area (Å²) in [5.74, 6) is -1.70. The Hall–Kier alpha value is -2.25. The molecule has 0 aliphatic heterocycles. The maximum absolute atomic E-state index is 12.3. The van der Waals surface area contributed by atoms with Gasteiger partial charge in [-0.1, -0.05) is 12.1 Å². The highest BCUT2D eigenvalue weighted by Crippen LogP contribution is 2.22. The summed E-state index contributed by atoms with van der Waals surface area (Å²) in [5.41, 5.74) is 1.96. The molecule has 1 unspecified atom stereocenters. The summed E-state index contributed by atoms with van der Waals surface area (Å²) < 4.78 is 5.02. The molecule has 1 aromatic carbocycles. The number of aliphatic carboxylic acids is 1. The molecule has 2 rings (SSSR count). The quantitative estimate of drug-likeness (QED) is 0.847. The molecule has 6 nitrogen and oxygen atoms in total. The number of benzene rings is 1. The Kier molecular flexibility index (Phi) is 5.46. The summed E-state index contributed by atoms with van der Waals surface area (Å²) in [5, 5.41) is 12.5. The topological polar surface area (TPSA) is 88.5 Å². The fourth-order valence-electron chi connectivity index (χ4n) is 2.03. The average Bonchev–Trinajstić information content (AvgIpc) is 2.88. The molecule has 0 radical (unpaired) electrons. The highest BCUT2D eigenvalue weighted by molar-refractivity contribution is 7.13. The first kappa shape index (κ1) is 17.1. The van der Waals surface area contributed by atoms with Crippen LogP contribution < -0.4 is 5.32 Å². The minimum absolute atomic E-state index is 0.235. The number of carboxylic acids is 1. The van der Waals surface area contributed by atoms with Crippen LogP contribution in [0.2, 0.25) is 0 Å². The number of rotatable bonds is 6. The molecule has 1 aromatic heterocycles. The number of hydrogen-bond acceptors (Lipinski definition) is 5. The molecule has 0 saturated carbocycles. The van der Waals surface area contributed by atoms with Gasteiger partial charge in [0.15, 0.2) is 0 Å². The van der Waals surface area contributed by atoms with E-state index in [9.17, 15) is 9.59 Å². The number of anilines is 1. The Morgan fingerprint density at radius 2 is 2.00 bits per heavy atom. The normalized spacial score (nSPS) is 12.0. The van der Waals surface area contributed by atoms with Crippen molar-refractivity contribution in [3.05, 3.63) is 45.4 Å². The van der Waals surface area contributed by atoms with Crippen molar-refractivity contribution in [1.82, 2.24) is 4.98 Å². The molecular formula is C16H18N2O4S. The van der Waals surface area contributed by atoms with Gasteiger partial charge in [-0.05, 0) is 31.5 Å². The smallest absolute Gasteiger partial charge is 0.310 e. The van der Waals surface area contributed by atoms with Crippen molar-refractivity contribution in [3.8, 4) is 0 Å². The van der Waals surface area contributed by atoms with Crippen LogP contribution in [0.1, 0.15) is 38.8 Å². The Morgan fingerprint density at radius 3 is 2.57 bits per heavy atom. The van der Waals surface area contributed by atoms with Gasteiger partial charge in [0.1, 0.15) is 9.88 Å². The zero-order valence-corrected chi connectivity index (χ0v) is 13.9. The van der Waals surface area contributed by atoms with Gasteiger partial charge in [0.25, 0.3) is 5.91 Å². The summed E-state index contributed by atoms with van der Waals surface area (Å²) in [6.45, 7) is 3.77. The monoisotopic (exact) mass is 334 g/mol. The van der Waals surface area contributed by atoms with Crippen molar-refractivity contribution in [2.24, 2.45) is 0 Å². The van der Waals surface area contributed by atoms with E-state index in [0.29, 0.717) is 28.4 Å². The van der Waals surface area contributed by atoms with Gasteiger partial charge in [-0.15, -0.1) is 11.3 Å². The van der Waals surface area contributed by atoms with E-state index in [1.54, 1.807) is 45.2 Å². The van der Waals surface area contributed by atoms with E-state index < -0.39 is 11.9 Å². The standard InChI is InChI=1S/C16H18N2O4S/c1-9(16(20)21)11-4-6-12(7-5-11)18-15(19)14-10(2)17-13(23-14)8-22-3/h4-7,9H,8H2,1-3H3,(H,18,19)(H,20,21). The molecule has 1 atom stereocenters. The largest absolute Gasteiger partial charge is 0.481 e. The summed E-state index contributed by atoms with van der Waals surface area (Å²) in [4.78, 5) is 28.1. The Bertz CT molecular complexity index is 709. The number of carbonyl (C=O) groups excluding carboxylic acids is 1. The third kappa shape index (κ3) is 4.14. The molecule has 0 aliphatic rings. The highest BCUT2D eigenvalue weighted by Gasteiger charge is 2.16. The Labute approximate surface area is 138 Å². The maximum Gasteiger partial charge on any atom is 0.310 e. The molecule has 0 fully saturated rings. The number of aryl methyl sites for hydroxylation is 1. The number of aromatic nitrogens is 1. The van der Waals surface area contributed by atoms with Crippen molar-refractivity contribution in [2.75, 3.05) is 12.4 Å². The molecule has 0 aliphatic carbocycles. The van der Waals surface area contributed by atoms with Crippen molar-refractivity contribution in [2.45, 2.75) is 26.4 Å². The van der Waals surface area contributed by atoms with Gasteiger partial charge in [0.05, 0.1) is 18.2 Å². The van der Waals surface area contributed by atoms with Crippen LogP contribution in [0.5, 0.6) is 0 Å². The van der Waals surface area contributed by atoms with E-state index in [0.717, 1.165) is 5.01 Å². The number of hydrogen-bond donors (Lipinski definition) is 2. The molecule has 1 heterocycles. The number of carboxylic acid groups (broad SMARTS) is 1. The average molecular weight is 334 g/mol. The molecule has 122 valence electrons. The van der Waals surface area contributed by atoms with Crippen LogP contribution in [0.3, 0.4) is 0 Å². The van der Waals surface area contributed by atoms with Crippen molar-refractivity contribution >= 4 is 28.9 Å². The summed E-state index contributed by atoms with van der Waals surface area (Å²) in [6.07, 6.45) is 0. The molecule has 23 heavy (non-hydrogen) atoms. The number of amides is 1. The van der Waals surface area contributed by atoms with Crippen molar-refractivity contribution in [1.29, 1.82) is 0 Å². The van der Waals surface area contributed by atoms with Crippen LogP contribution >= 0.6 is 11.3 Å². The van der Waals surface area contributed by atoms with Crippen LogP contribution in [0.4, 0.5) is 5.69 Å². The minimum atomic E-state index is -0.882. The van der Waals surface area contributed by atoms with Crippen LogP contribution in [-0.2, 0) is 16.1 Å². The molecule has 0 saturated heterocycles. The van der Waals surface area contributed by atoms with E-state index >= 15 is 0 Å². The molecule has 7 heteroatoms. The molecule has 2 aromatic rings. The van der Waals surface area contributed by atoms with Crippen LogP contribution in [0.15, 0.2) is 24.3 Å². The van der Waals surface area contributed by atoms with E-state index in [4.69, 9.17) is 9.84 Å². The minimum Gasteiger partial charge on any atom is -0.481 e. The van der Waals surface area contributed by atoms with Gasteiger partial charge >= 0.3 is 5.97 Å². The summed E-state index contributed by atoms with van der Waals surface area (Å²) in [6, 6.07) is 6.78. The number of thiazole rings is 1. The lowest BCUT2D eigenvalue weighted by molar-refractivity contribution is -0.138. The Balaban J connectivity index is 2.10. The van der Waals surface area contributed by atoms with Crippen molar-refractivity contribution in [3.63, 3.8) is 0 Å². The second-order valence-corrected chi connectivity index (χ2v) is 6.17. The van der Waals surface area contributed by atoms with Gasteiger partial charge in [-0.3, -0.25) is 9.59 Å². The lowest BCUT2D eigenvalue weighted by atomic mass is 10.0. The van der Waals surface area contributed by atoms with Crippen LogP contribution in [0.25, 0.3) is 0 Å². The predicted molar refractivity (Wildman–Crippen MR) is 88.0 cm³/mol. The van der Waals surface area contributed by atoms with Gasteiger partial charge in [-0.25, -0.2) is 4.98 Å². The second kappa shape index (κ2) is 7.34. The van der Waals surface area contributed by atoms with Crippen LogP contribution in [-0.4, -0.2) is 29.1 Å². The van der Waals surface area contributed by atoms with Gasteiger partial charge in [0, 0.05) is 12.8 Å². The highest BCUT2D eigenvalue weighted by atomic mass is 32.1. The number of nitrogens with one attached hydrogen (secondary N) is 1. The number of nitrogens with zero attached hydrogens (tertiary/aromatic N) is 1. The predicted octanol–water partition coefficient (Wildman–Crippen LogP) is 3.04. The first-order valence-corrected chi connectivity index (χ1v) is 7.83. The fourth-order valence-corrected chi connectivity index (χ4v) is 2.97. The number of methoxy groups -OCH3 is 1. The summed E-state index contributed by atoms with van der Waals surface area (Å²) >= 11 is 1.30. The van der Waals surface area contributed by atoms with Gasteiger partial charge in [-0.2, -0.15) is 0 Å². The lowest BCUT2D eigenvalue weighted by Crippen LogP contribution is -2.12. The van der Waals surface area contributed by atoms with E-state index in [2.05, 4.69) is 10.3 Å².